The Kier molecular flexibility index (Phi) is 4.96. The number of ether oxygens (including phenoxy) is 1. The number of hydrogen-bond donors (Lipinski definition) is 1. The fourth-order valence-corrected chi connectivity index (χ4v) is 3.55. The first-order valence-corrected chi connectivity index (χ1v) is 8.96. The second kappa shape index (κ2) is 6.85. The zero-order chi connectivity index (χ0) is 20.7. The third-order valence-corrected chi connectivity index (χ3v) is 4.24. The molecule has 0 bridgehead atoms. The van der Waals surface area contributed by atoms with Crippen LogP contribution in [-0.2, 0) is 6.18 Å². The number of hydrogen-bond acceptors (Lipinski definition) is 3. The van der Waals surface area contributed by atoms with Gasteiger partial charge in [-0.1, -0.05) is 18.2 Å². The Balaban J connectivity index is 2.01. The van der Waals surface area contributed by atoms with Crippen LogP contribution in [-0.4, -0.2) is 16.3 Å². The lowest BCUT2D eigenvalue weighted by atomic mass is 9.92. The van der Waals surface area contributed by atoms with Gasteiger partial charge in [0, 0.05) is 17.4 Å². The van der Waals surface area contributed by atoms with Crippen LogP contribution < -0.4 is 4.74 Å². The minimum absolute atomic E-state index is 0.0451. The van der Waals surface area contributed by atoms with E-state index in [0.29, 0.717) is 5.58 Å². The number of furan rings is 1. The lowest BCUT2D eigenvalue weighted by Gasteiger charge is -2.32. The van der Waals surface area contributed by atoms with Crippen LogP contribution in [0.1, 0.15) is 39.7 Å². The summed E-state index contributed by atoms with van der Waals surface area (Å²) < 4.78 is 52.6. The van der Waals surface area contributed by atoms with Gasteiger partial charge in [0.25, 0.3) is 0 Å². The average Bonchev–Trinajstić information content (AvgIpc) is 2.95. The van der Waals surface area contributed by atoms with Crippen LogP contribution in [0.4, 0.5) is 13.2 Å². The summed E-state index contributed by atoms with van der Waals surface area (Å²) in [5.41, 5.74) is -2.20. The summed E-state index contributed by atoms with van der Waals surface area (Å²) in [7, 11) is 0. The molecule has 1 N–H and O–H groups in total. The lowest BCUT2D eigenvalue weighted by Crippen LogP contribution is -2.37. The van der Waals surface area contributed by atoms with E-state index < -0.39 is 22.9 Å². The molecule has 0 atom stereocenters. The fraction of sp³-hybridized carbons (Fsp3) is 0.364. The van der Waals surface area contributed by atoms with E-state index in [1.54, 1.807) is 58.0 Å². The van der Waals surface area contributed by atoms with Crippen LogP contribution in [0, 0.1) is 0 Å². The van der Waals surface area contributed by atoms with Gasteiger partial charge in [0.05, 0.1) is 11.2 Å². The number of fused-ring (bicyclic) bond motifs is 1. The van der Waals surface area contributed by atoms with E-state index in [4.69, 9.17) is 9.15 Å². The second-order valence-corrected chi connectivity index (χ2v) is 8.20. The van der Waals surface area contributed by atoms with Gasteiger partial charge in [-0.3, -0.25) is 0 Å². The second-order valence-electron chi connectivity index (χ2n) is 8.20. The minimum atomic E-state index is -4.58. The molecule has 0 fully saturated rings. The van der Waals surface area contributed by atoms with E-state index in [1.165, 1.54) is 12.1 Å². The quantitative estimate of drug-likeness (QED) is 0.543. The molecular formula is C22H23F3O3. The van der Waals surface area contributed by atoms with Gasteiger partial charge in [-0.25, -0.2) is 0 Å². The van der Waals surface area contributed by atoms with Crippen molar-refractivity contribution in [1.82, 2.24) is 0 Å². The molecule has 3 rings (SSSR count). The van der Waals surface area contributed by atoms with Crippen molar-refractivity contribution < 1.29 is 27.4 Å². The van der Waals surface area contributed by atoms with Crippen LogP contribution in [0.25, 0.3) is 22.3 Å². The highest BCUT2D eigenvalue weighted by atomic mass is 19.4. The predicted octanol–water partition coefficient (Wildman–Crippen LogP) is 6.44. The van der Waals surface area contributed by atoms with E-state index in [0.717, 1.165) is 11.5 Å². The molecule has 1 aromatic heterocycles. The van der Waals surface area contributed by atoms with Crippen molar-refractivity contribution in [1.29, 1.82) is 0 Å². The third kappa shape index (κ3) is 4.68. The molecule has 0 aliphatic heterocycles. The molecule has 0 saturated carbocycles. The standard InChI is InChI=1S/C22H23F3O3/c1-20(2,26)13-21(3,4)28-15-9-10-16(17(12-15)22(23,24)25)19-11-14-7-5-6-8-18(14)27-19/h5-12,26H,13H2,1-4H3. The van der Waals surface area contributed by atoms with Crippen LogP contribution >= 0.6 is 0 Å². The van der Waals surface area contributed by atoms with E-state index >= 15 is 0 Å². The van der Waals surface area contributed by atoms with Crippen LogP contribution in [0.3, 0.4) is 0 Å². The fourth-order valence-electron chi connectivity index (χ4n) is 3.55. The number of halogens is 3. The highest BCUT2D eigenvalue weighted by Gasteiger charge is 2.36. The van der Waals surface area contributed by atoms with E-state index in [2.05, 4.69) is 0 Å². The maximum atomic E-state index is 13.7. The lowest BCUT2D eigenvalue weighted by molar-refractivity contribution is -0.137. The van der Waals surface area contributed by atoms with E-state index in [9.17, 15) is 18.3 Å². The van der Waals surface area contributed by atoms with Crippen LogP contribution in [0.5, 0.6) is 5.75 Å². The molecule has 3 aromatic rings. The van der Waals surface area contributed by atoms with Crippen molar-refractivity contribution in [2.75, 3.05) is 0 Å². The summed E-state index contributed by atoms with van der Waals surface area (Å²) in [5.74, 6) is 0.234. The highest BCUT2D eigenvalue weighted by Crippen LogP contribution is 2.41. The molecule has 28 heavy (non-hydrogen) atoms. The molecule has 0 radical (unpaired) electrons. The average molecular weight is 392 g/mol. The molecule has 1 heterocycles. The summed E-state index contributed by atoms with van der Waals surface area (Å²) in [5, 5.41) is 10.7. The van der Waals surface area contributed by atoms with Crippen molar-refractivity contribution in [3.05, 3.63) is 54.1 Å². The first kappa shape index (κ1) is 20.3. The molecule has 3 nitrogen and oxygen atoms in total. The summed E-state index contributed by atoms with van der Waals surface area (Å²) in [4.78, 5) is 0. The molecular weight excluding hydrogens is 369 g/mol. The Bertz CT molecular complexity index is 946. The minimum Gasteiger partial charge on any atom is -0.488 e. The smallest absolute Gasteiger partial charge is 0.417 e. The van der Waals surface area contributed by atoms with Crippen molar-refractivity contribution >= 4 is 11.0 Å². The Morgan fingerprint density at radius 2 is 1.64 bits per heavy atom. The van der Waals surface area contributed by atoms with Gasteiger partial charge < -0.3 is 14.3 Å². The maximum absolute atomic E-state index is 13.7. The largest absolute Gasteiger partial charge is 0.488 e. The Hall–Kier alpha value is -2.47. The molecule has 0 saturated heterocycles. The van der Waals surface area contributed by atoms with Crippen molar-refractivity contribution in [2.24, 2.45) is 0 Å². The van der Waals surface area contributed by atoms with Gasteiger partial charge in [0.15, 0.2) is 0 Å². The van der Waals surface area contributed by atoms with Gasteiger partial charge in [-0.15, -0.1) is 0 Å². The first-order chi connectivity index (χ1) is 12.8. The van der Waals surface area contributed by atoms with Gasteiger partial charge in [0.1, 0.15) is 22.7 Å². The summed E-state index contributed by atoms with van der Waals surface area (Å²) in [6.07, 6.45) is -4.32. The zero-order valence-electron chi connectivity index (χ0n) is 16.2. The predicted molar refractivity (Wildman–Crippen MR) is 102 cm³/mol. The van der Waals surface area contributed by atoms with Gasteiger partial charge in [0.2, 0.25) is 0 Å². The SMILES string of the molecule is CC(C)(O)CC(C)(C)Oc1ccc(-c2cc3ccccc3o2)c(C(F)(F)F)c1. The topological polar surface area (TPSA) is 42.6 Å². The number of alkyl halides is 3. The normalized spacial score (nSPS) is 13.1. The molecule has 2 aromatic carbocycles. The molecule has 0 unspecified atom stereocenters. The monoisotopic (exact) mass is 392 g/mol. The first-order valence-electron chi connectivity index (χ1n) is 8.96. The Morgan fingerprint density at radius 1 is 0.964 bits per heavy atom. The van der Waals surface area contributed by atoms with Crippen LogP contribution in [0.15, 0.2) is 52.9 Å². The number of aliphatic hydroxyl groups is 1. The molecule has 0 amide bonds. The zero-order valence-corrected chi connectivity index (χ0v) is 16.2. The van der Waals surface area contributed by atoms with Crippen molar-refractivity contribution in [3.63, 3.8) is 0 Å². The summed E-state index contributed by atoms with van der Waals surface area (Å²) in [6, 6.07) is 12.5. The molecule has 150 valence electrons. The summed E-state index contributed by atoms with van der Waals surface area (Å²) in [6.45, 7) is 6.71. The van der Waals surface area contributed by atoms with E-state index in [1.807, 2.05) is 0 Å². The molecule has 0 aliphatic rings. The number of rotatable bonds is 5. The molecule has 0 spiro atoms. The number of benzene rings is 2. The molecule has 6 heteroatoms. The third-order valence-electron chi connectivity index (χ3n) is 4.24. The number of para-hydroxylation sites is 1. The highest BCUT2D eigenvalue weighted by molar-refractivity contribution is 5.83. The van der Waals surface area contributed by atoms with Gasteiger partial charge in [-0.2, -0.15) is 13.2 Å². The Morgan fingerprint density at radius 3 is 2.25 bits per heavy atom. The Labute approximate surface area is 161 Å². The van der Waals surface area contributed by atoms with E-state index in [-0.39, 0.29) is 23.5 Å². The van der Waals surface area contributed by atoms with Crippen molar-refractivity contribution in [2.45, 2.75) is 51.5 Å². The van der Waals surface area contributed by atoms with Gasteiger partial charge in [-0.05, 0) is 58.0 Å². The molecule has 0 aliphatic carbocycles. The van der Waals surface area contributed by atoms with Crippen molar-refractivity contribution in [3.8, 4) is 17.1 Å². The van der Waals surface area contributed by atoms with Gasteiger partial charge >= 0.3 is 6.18 Å². The van der Waals surface area contributed by atoms with Crippen LogP contribution in [0.2, 0.25) is 0 Å². The maximum Gasteiger partial charge on any atom is 0.417 e. The summed E-state index contributed by atoms with van der Waals surface area (Å²) >= 11 is 0.